The van der Waals surface area contributed by atoms with Gasteiger partial charge in [-0.05, 0) is 35.9 Å². The predicted molar refractivity (Wildman–Crippen MR) is 84.5 cm³/mol. The Morgan fingerprint density at radius 3 is 2.67 bits per heavy atom. The van der Waals surface area contributed by atoms with Crippen LogP contribution in [0.4, 0.5) is 10.3 Å². The Morgan fingerprint density at radius 2 is 1.95 bits per heavy atom. The van der Waals surface area contributed by atoms with Crippen LogP contribution in [0.3, 0.4) is 0 Å². The molecule has 2 N–H and O–H groups in total. The number of aromatic nitrogens is 1. The summed E-state index contributed by atoms with van der Waals surface area (Å²) >= 11 is 9.23. The average Bonchev–Trinajstić information content (AvgIpc) is 2.84. The van der Waals surface area contributed by atoms with E-state index in [2.05, 4.69) is 21.1 Å². The predicted octanol–water partition coefficient (Wildman–Crippen LogP) is 5.15. The summed E-state index contributed by atoms with van der Waals surface area (Å²) in [6.45, 7) is 0. The third kappa shape index (κ3) is 2.66. The van der Waals surface area contributed by atoms with Crippen molar-refractivity contribution in [2.45, 2.75) is 0 Å². The molecule has 0 amide bonds. The SMILES string of the molecule is Nc1onc(-c2ccc(F)c(Cl)c2)c1-c1cccc(Br)c1. The van der Waals surface area contributed by atoms with Crippen LogP contribution in [0.1, 0.15) is 0 Å². The lowest BCUT2D eigenvalue weighted by molar-refractivity contribution is 0.439. The van der Waals surface area contributed by atoms with Crippen LogP contribution in [0.2, 0.25) is 5.02 Å². The summed E-state index contributed by atoms with van der Waals surface area (Å²) in [5, 5.41) is 3.99. The number of rotatable bonds is 2. The van der Waals surface area contributed by atoms with Gasteiger partial charge in [0, 0.05) is 10.0 Å². The number of hydrogen-bond donors (Lipinski definition) is 1. The molecule has 0 atom stereocenters. The van der Waals surface area contributed by atoms with E-state index < -0.39 is 5.82 Å². The van der Waals surface area contributed by atoms with Crippen LogP contribution in [0.25, 0.3) is 22.4 Å². The Bertz CT molecular complexity index is 819. The minimum atomic E-state index is -0.485. The van der Waals surface area contributed by atoms with Gasteiger partial charge < -0.3 is 10.3 Å². The lowest BCUT2D eigenvalue weighted by atomic mass is 10.0. The van der Waals surface area contributed by atoms with Gasteiger partial charge in [-0.25, -0.2) is 4.39 Å². The molecule has 0 unspecified atom stereocenters. The summed E-state index contributed by atoms with van der Waals surface area (Å²) in [5.74, 6) is -0.288. The normalized spacial score (nSPS) is 10.8. The first-order chi connectivity index (χ1) is 10.1. The van der Waals surface area contributed by atoms with Crippen molar-refractivity contribution in [3.05, 3.63) is 57.8 Å². The van der Waals surface area contributed by atoms with Gasteiger partial charge in [0.05, 0.1) is 10.6 Å². The van der Waals surface area contributed by atoms with Gasteiger partial charge in [-0.2, -0.15) is 0 Å². The highest BCUT2D eigenvalue weighted by Crippen LogP contribution is 2.37. The second-order valence-electron chi connectivity index (χ2n) is 4.41. The monoisotopic (exact) mass is 366 g/mol. The Kier molecular flexibility index (Phi) is 3.69. The van der Waals surface area contributed by atoms with Gasteiger partial charge >= 0.3 is 0 Å². The third-order valence-corrected chi connectivity index (χ3v) is 3.81. The number of hydrogen-bond acceptors (Lipinski definition) is 3. The molecule has 21 heavy (non-hydrogen) atoms. The molecular weight excluding hydrogens is 359 g/mol. The van der Waals surface area contributed by atoms with Gasteiger partial charge in [-0.3, -0.25) is 0 Å². The van der Waals surface area contributed by atoms with Crippen molar-refractivity contribution in [2.75, 3.05) is 5.73 Å². The van der Waals surface area contributed by atoms with Gasteiger partial charge in [-0.15, -0.1) is 0 Å². The third-order valence-electron chi connectivity index (χ3n) is 3.02. The summed E-state index contributed by atoms with van der Waals surface area (Å²) < 4.78 is 19.3. The van der Waals surface area contributed by atoms with E-state index in [0.717, 1.165) is 10.0 Å². The van der Waals surface area contributed by atoms with Crippen LogP contribution < -0.4 is 5.73 Å². The van der Waals surface area contributed by atoms with Crippen molar-refractivity contribution in [3.8, 4) is 22.4 Å². The fourth-order valence-electron chi connectivity index (χ4n) is 2.07. The summed E-state index contributed by atoms with van der Waals surface area (Å²) in [7, 11) is 0. The van der Waals surface area contributed by atoms with Gasteiger partial charge in [0.25, 0.3) is 0 Å². The molecule has 0 radical (unpaired) electrons. The molecule has 106 valence electrons. The van der Waals surface area contributed by atoms with Gasteiger partial charge in [0.1, 0.15) is 11.5 Å². The molecule has 3 aromatic rings. The first kappa shape index (κ1) is 14.1. The van der Waals surface area contributed by atoms with Crippen molar-refractivity contribution < 1.29 is 8.91 Å². The van der Waals surface area contributed by atoms with Crippen LogP contribution in [0.15, 0.2) is 51.5 Å². The molecule has 0 aliphatic heterocycles. The maximum Gasteiger partial charge on any atom is 0.230 e. The Hall–Kier alpha value is -1.85. The molecule has 1 heterocycles. The zero-order chi connectivity index (χ0) is 15.0. The minimum Gasteiger partial charge on any atom is -0.367 e. The number of nitrogen functional groups attached to an aromatic ring is 1. The standard InChI is InChI=1S/C15H9BrClFN2O/c16-10-3-1-2-8(6-10)13-14(20-21-15(13)19)9-4-5-12(18)11(17)7-9/h1-7H,19H2. The van der Waals surface area contributed by atoms with E-state index in [0.29, 0.717) is 16.8 Å². The number of benzene rings is 2. The molecule has 3 nitrogen and oxygen atoms in total. The van der Waals surface area contributed by atoms with Crippen LogP contribution in [0.5, 0.6) is 0 Å². The molecule has 0 aliphatic carbocycles. The molecule has 3 rings (SSSR count). The molecule has 0 saturated heterocycles. The van der Waals surface area contributed by atoms with Crippen molar-refractivity contribution in [1.29, 1.82) is 0 Å². The molecule has 2 aromatic carbocycles. The number of anilines is 1. The first-order valence-corrected chi connectivity index (χ1v) is 7.20. The Balaban J connectivity index is 2.19. The summed E-state index contributed by atoms with van der Waals surface area (Å²) in [4.78, 5) is 0. The second kappa shape index (κ2) is 5.50. The molecule has 0 saturated carbocycles. The van der Waals surface area contributed by atoms with E-state index in [1.165, 1.54) is 12.1 Å². The highest BCUT2D eigenvalue weighted by molar-refractivity contribution is 9.10. The van der Waals surface area contributed by atoms with E-state index in [1.54, 1.807) is 6.07 Å². The molecule has 0 fully saturated rings. The van der Waals surface area contributed by atoms with E-state index >= 15 is 0 Å². The summed E-state index contributed by atoms with van der Waals surface area (Å²) in [6.07, 6.45) is 0. The largest absolute Gasteiger partial charge is 0.367 e. The minimum absolute atomic E-state index is 0.0225. The van der Waals surface area contributed by atoms with Crippen LogP contribution >= 0.6 is 27.5 Å². The van der Waals surface area contributed by atoms with Crippen LogP contribution in [-0.2, 0) is 0 Å². The summed E-state index contributed by atoms with van der Waals surface area (Å²) in [6, 6.07) is 11.9. The Labute approximate surface area is 133 Å². The average molecular weight is 368 g/mol. The van der Waals surface area contributed by atoms with E-state index in [1.807, 2.05) is 24.3 Å². The summed E-state index contributed by atoms with van der Waals surface area (Å²) in [5.41, 5.74) is 8.53. The maximum absolute atomic E-state index is 13.3. The zero-order valence-electron chi connectivity index (χ0n) is 10.6. The highest BCUT2D eigenvalue weighted by Gasteiger charge is 2.18. The highest BCUT2D eigenvalue weighted by atomic mass is 79.9. The van der Waals surface area contributed by atoms with E-state index in [4.69, 9.17) is 21.9 Å². The molecule has 0 aliphatic rings. The lowest BCUT2D eigenvalue weighted by Gasteiger charge is -2.04. The van der Waals surface area contributed by atoms with Crippen LogP contribution in [0, 0.1) is 5.82 Å². The van der Waals surface area contributed by atoms with Crippen molar-refractivity contribution in [1.82, 2.24) is 5.16 Å². The number of halogens is 3. The van der Waals surface area contributed by atoms with Crippen LogP contribution in [-0.4, -0.2) is 5.16 Å². The molecule has 1 aromatic heterocycles. The quantitative estimate of drug-likeness (QED) is 0.682. The Morgan fingerprint density at radius 1 is 1.14 bits per heavy atom. The molecular formula is C15H9BrClFN2O. The topological polar surface area (TPSA) is 52.0 Å². The fraction of sp³-hybridized carbons (Fsp3) is 0. The second-order valence-corrected chi connectivity index (χ2v) is 5.73. The van der Waals surface area contributed by atoms with E-state index in [9.17, 15) is 4.39 Å². The maximum atomic E-state index is 13.3. The molecule has 0 spiro atoms. The van der Waals surface area contributed by atoms with Gasteiger partial charge in [-0.1, -0.05) is 44.8 Å². The van der Waals surface area contributed by atoms with Gasteiger partial charge in [0.2, 0.25) is 5.88 Å². The zero-order valence-corrected chi connectivity index (χ0v) is 13.0. The smallest absolute Gasteiger partial charge is 0.230 e. The van der Waals surface area contributed by atoms with Crippen molar-refractivity contribution in [2.24, 2.45) is 0 Å². The molecule has 0 bridgehead atoms. The molecule has 6 heteroatoms. The van der Waals surface area contributed by atoms with E-state index in [-0.39, 0.29) is 10.9 Å². The lowest BCUT2D eigenvalue weighted by Crippen LogP contribution is -1.88. The number of nitrogens with zero attached hydrogens (tertiary/aromatic N) is 1. The van der Waals surface area contributed by atoms with Crippen molar-refractivity contribution >= 4 is 33.4 Å². The van der Waals surface area contributed by atoms with Crippen molar-refractivity contribution in [3.63, 3.8) is 0 Å². The van der Waals surface area contributed by atoms with Gasteiger partial charge in [0.15, 0.2) is 0 Å². The first-order valence-electron chi connectivity index (χ1n) is 6.03. The fourth-order valence-corrected chi connectivity index (χ4v) is 2.65. The number of nitrogens with two attached hydrogens (primary N) is 1.